The van der Waals surface area contributed by atoms with Crippen LogP contribution < -0.4 is 5.32 Å². The Bertz CT molecular complexity index is 1420. The normalized spacial score (nSPS) is 12.8. The van der Waals surface area contributed by atoms with E-state index < -0.39 is 12.1 Å². The van der Waals surface area contributed by atoms with Crippen LogP contribution in [-0.2, 0) is 14.3 Å². The number of allylic oxidation sites excluding steroid dienone is 8. The molecule has 0 saturated heterocycles. The molecule has 0 saturated carbocycles. The van der Waals surface area contributed by atoms with Crippen molar-refractivity contribution in [3.8, 4) is 0 Å². The van der Waals surface area contributed by atoms with Crippen LogP contribution in [0.1, 0.15) is 418 Å². The van der Waals surface area contributed by atoms with Gasteiger partial charge in [0.15, 0.2) is 0 Å². The molecule has 0 radical (unpaired) electrons. The summed E-state index contributed by atoms with van der Waals surface area (Å²) in [5, 5.41) is 23.4. The SMILES string of the molecule is CCCCC/C=C\C/C=C\CCCCCCCCCCCC(=O)OCCCCCCCCCCC/C=C\C/C=C\CCCCCCCCCCCCCCCCCCCC(=O)NC(CO)C(O)CCCCCCCCCCCCCCCCCC. The molecule has 0 aromatic carbocycles. The number of nitrogens with one attached hydrogen (secondary N) is 1. The summed E-state index contributed by atoms with van der Waals surface area (Å²) in [4.78, 5) is 24.6. The molecule has 500 valence electrons. The molecule has 0 aliphatic heterocycles. The van der Waals surface area contributed by atoms with Gasteiger partial charge in [0.1, 0.15) is 0 Å². The monoisotopic (exact) mass is 1190 g/mol. The molecule has 0 spiro atoms. The van der Waals surface area contributed by atoms with Crippen molar-refractivity contribution < 1.29 is 24.5 Å². The number of aliphatic hydroxyl groups excluding tert-OH is 2. The topological polar surface area (TPSA) is 95.9 Å². The third-order valence-electron chi connectivity index (χ3n) is 17.9. The molecule has 0 rings (SSSR count). The van der Waals surface area contributed by atoms with E-state index in [0.717, 1.165) is 57.8 Å². The highest BCUT2D eigenvalue weighted by molar-refractivity contribution is 5.76. The quantitative estimate of drug-likeness (QED) is 0.0320. The van der Waals surface area contributed by atoms with Crippen LogP contribution in [0.25, 0.3) is 0 Å². The lowest BCUT2D eigenvalue weighted by atomic mass is 10.0. The van der Waals surface area contributed by atoms with Crippen LogP contribution in [0.5, 0.6) is 0 Å². The van der Waals surface area contributed by atoms with E-state index in [4.69, 9.17) is 4.74 Å². The van der Waals surface area contributed by atoms with Crippen LogP contribution in [0.15, 0.2) is 48.6 Å². The van der Waals surface area contributed by atoms with Gasteiger partial charge in [-0.05, 0) is 89.9 Å². The number of ether oxygens (including phenoxy) is 1. The smallest absolute Gasteiger partial charge is 0.305 e. The number of amides is 1. The summed E-state index contributed by atoms with van der Waals surface area (Å²) in [5.41, 5.74) is 0. The fourth-order valence-electron chi connectivity index (χ4n) is 12.0. The summed E-state index contributed by atoms with van der Waals surface area (Å²) < 4.78 is 5.51. The summed E-state index contributed by atoms with van der Waals surface area (Å²) in [7, 11) is 0. The van der Waals surface area contributed by atoms with Crippen LogP contribution in [-0.4, -0.2) is 47.4 Å². The molecular formula is C79H149NO5. The Hall–Kier alpha value is -2.18. The van der Waals surface area contributed by atoms with Gasteiger partial charge in [-0.15, -0.1) is 0 Å². The van der Waals surface area contributed by atoms with Crippen molar-refractivity contribution in [3.63, 3.8) is 0 Å². The minimum absolute atomic E-state index is 0.0108. The number of carbonyl (C=O) groups excluding carboxylic acids is 2. The predicted octanol–water partition coefficient (Wildman–Crippen LogP) is 25.2. The molecule has 1 amide bonds. The molecule has 2 unspecified atom stereocenters. The standard InChI is InChI=1S/C79H149NO5/c1-3-5-7-9-11-13-15-17-19-21-37-41-45-49-53-57-61-65-69-73-79(84)85-74-70-66-62-58-54-50-46-42-39-36-34-32-30-28-26-24-22-23-25-27-29-31-33-35-38-40-44-48-52-56-60-64-68-72-78(83)80-76(75-81)77(82)71-67-63-59-55-51-47-43-20-18-16-14-12-10-8-6-4-2/h11,13,17,19,26,28,32,34,76-77,81-82H,3-10,12,14-16,18,20-25,27,29-31,33,35-75H2,1-2H3,(H,80,83)/b13-11-,19-17-,28-26-,34-32-. The predicted molar refractivity (Wildman–Crippen MR) is 375 cm³/mol. The average Bonchev–Trinajstić information content (AvgIpc) is 3.51. The number of esters is 1. The molecule has 2 atom stereocenters. The van der Waals surface area contributed by atoms with Gasteiger partial charge < -0.3 is 20.3 Å². The lowest BCUT2D eigenvalue weighted by Crippen LogP contribution is -2.45. The first-order chi connectivity index (χ1) is 42.0. The maximum absolute atomic E-state index is 12.5. The number of hydrogen-bond acceptors (Lipinski definition) is 5. The Morgan fingerprint density at radius 2 is 0.588 bits per heavy atom. The Balaban J connectivity index is 3.37. The highest BCUT2D eigenvalue weighted by atomic mass is 16.5. The van der Waals surface area contributed by atoms with E-state index in [2.05, 4.69) is 67.8 Å². The lowest BCUT2D eigenvalue weighted by molar-refractivity contribution is -0.143. The van der Waals surface area contributed by atoms with Gasteiger partial charge in [0.2, 0.25) is 5.91 Å². The molecule has 85 heavy (non-hydrogen) atoms. The molecule has 6 heteroatoms. The Labute approximate surface area is 531 Å². The minimum atomic E-state index is -0.664. The number of unbranched alkanes of at least 4 members (excludes halogenated alkanes) is 53. The van der Waals surface area contributed by atoms with E-state index in [1.54, 1.807) is 0 Å². The molecule has 0 aromatic heterocycles. The molecule has 0 bridgehead atoms. The molecule has 6 nitrogen and oxygen atoms in total. The molecule has 0 fully saturated rings. The highest BCUT2D eigenvalue weighted by Crippen LogP contribution is 2.19. The van der Waals surface area contributed by atoms with E-state index >= 15 is 0 Å². The lowest BCUT2D eigenvalue weighted by Gasteiger charge is -2.22. The Kier molecular flexibility index (Phi) is 72.4. The minimum Gasteiger partial charge on any atom is -0.466 e. The molecular weight excluding hydrogens is 1040 g/mol. The first kappa shape index (κ1) is 82.8. The van der Waals surface area contributed by atoms with Gasteiger partial charge in [0, 0.05) is 12.8 Å². The number of hydrogen-bond donors (Lipinski definition) is 3. The van der Waals surface area contributed by atoms with Gasteiger partial charge in [0.25, 0.3) is 0 Å². The zero-order valence-corrected chi connectivity index (χ0v) is 57.4. The molecule has 3 N–H and O–H groups in total. The summed E-state index contributed by atoms with van der Waals surface area (Å²) in [6, 6.07) is -0.541. The number of aliphatic hydroxyl groups is 2. The van der Waals surface area contributed by atoms with E-state index in [-0.39, 0.29) is 18.5 Å². The van der Waals surface area contributed by atoms with Crippen LogP contribution in [0.3, 0.4) is 0 Å². The van der Waals surface area contributed by atoms with E-state index in [1.807, 2.05) is 0 Å². The van der Waals surface area contributed by atoms with E-state index in [0.29, 0.717) is 25.9 Å². The second kappa shape index (κ2) is 74.3. The van der Waals surface area contributed by atoms with E-state index in [9.17, 15) is 19.8 Å². The van der Waals surface area contributed by atoms with E-state index in [1.165, 1.54) is 327 Å². The third-order valence-corrected chi connectivity index (χ3v) is 17.9. The molecule has 0 aliphatic rings. The van der Waals surface area contributed by atoms with Gasteiger partial charge in [-0.3, -0.25) is 9.59 Å². The average molecular weight is 1190 g/mol. The summed E-state index contributed by atoms with van der Waals surface area (Å²) >= 11 is 0. The van der Waals surface area contributed by atoms with Crippen molar-refractivity contribution in [1.29, 1.82) is 0 Å². The first-order valence-corrected chi connectivity index (χ1v) is 38.4. The first-order valence-electron chi connectivity index (χ1n) is 38.4. The summed E-state index contributed by atoms with van der Waals surface area (Å²) in [6.07, 6.45) is 97.6. The van der Waals surface area contributed by atoms with Crippen LogP contribution in [0.4, 0.5) is 0 Å². The fraction of sp³-hybridized carbons (Fsp3) is 0.873. The highest BCUT2D eigenvalue weighted by Gasteiger charge is 2.20. The van der Waals surface area contributed by atoms with Gasteiger partial charge >= 0.3 is 5.97 Å². The third kappa shape index (κ3) is 70.8. The zero-order chi connectivity index (χ0) is 61.3. The van der Waals surface area contributed by atoms with Gasteiger partial charge in [-0.25, -0.2) is 0 Å². The Morgan fingerprint density at radius 1 is 0.329 bits per heavy atom. The zero-order valence-electron chi connectivity index (χ0n) is 57.4. The van der Waals surface area contributed by atoms with Gasteiger partial charge in [0.05, 0.1) is 25.4 Å². The molecule has 0 aromatic rings. The van der Waals surface area contributed by atoms with Crippen LogP contribution >= 0.6 is 0 Å². The van der Waals surface area contributed by atoms with Crippen molar-refractivity contribution in [1.82, 2.24) is 5.32 Å². The number of rotatable bonds is 72. The number of carbonyl (C=O) groups is 2. The second-order valence-corrected chi connectivity index (χ2v) is 26.3. The van der Waals surface area contributed by atoms with Crippen LogP contribution in [0, 0.1) is 0 Å². The Morgan fingerprint density at radius 3 is 0.918 bits per heavy atom. The summed E-state index contributed by atoms with van der Waals surface area (Å²) in [6.45, 7) is 4.96. The second-order valence-electron chi connectivity index (χ2n) is 26.3. The van der Waals surface area contributed by atoms with Crippen molar-refractivity contribution in [2.75, 3.05) is 13.2 Å². The van der Waals surface area contributed by atoms with Gasteiger partial charge in [-0.2, -0.15) is 0 Å². The summed E-state index contributed by atoms with van der Waals surface area (Å²) in [5.74, 6) is -0.0192. The van der Waals surface area contributed by atoms with Crippen molar-refractivity contribution >= 4 is 11.9 Å². The van der Waals surface area contributed by atoms with Gasteiger partial charge in [-0.1, -0.05) is 364 Å². The fourth-order valence-corrected chi connectivity index (χ4v) is 12.0. The van der Waals surface area contributed by atoms with Crippen molar-refractivity contribution in [2.45, 2.75) is 431 Å². The largest absolute Gasteiger partial charge is 0.466 e. The maximum atomic E-state index is 12.5. The van der Waals surface area contributed by atoms with Crippen molar-refractivity contribution in [3.05, 3.63) is 48.6 Å². The maximum Gasteiger partial charge on any atom is 0.305 e. The van der Waals surface area contributed by atoms with Crippen LogP contribution in [0.2, 0.25) is 0 Å². The molecule has 0 heterocycles. The van der Waals surface area contributed by atoms with Crippen molar-refractivity contribution in [2.24, 2.45) is 0 Å². The molecule has 0 aliphatic carbocycles.